The van der Waals surface area contributed by atoms with Gasteiger partial charge in [-0.1, -0.05) is 6.07 Å². The number of rotatable bonds is 4. The van der Waals surface area contributed by atoms with Crippen LogP contribution in [0.5, 0.6) is 11.5 Å². The lowest BCUT2D eigenvalue weighted by molar-refractivity contribution is -0.286. The van der Waals surface area contributed by atoms with E-state index < -0.39 is 17.7 Å². The Morgan fingerprint density at radius 3 is 2.75 bits per heavy atom. The number of nitrogens with zero attached hydrogens (tertiary/aromatic N) is 3. The Bertz CT molecular complexity index is 789. The molecule has 1 aliphatic rings. The third kappa shape index (κ3) is 2.89. The largest absolute Gasteiger partial charge is 0.586 e. The van der Waals surface area contributed by atoms with Crippen LogP contribution in [0.2, 0.25) is 0 Å². The summed E-state index contributed by atoms with van der Waals surface area (Å²) in [5, 5.41) is 4.25. The van der Waals surface area contributed by atoms with E-state index >= 15 is 0 Å². The molecule has 128 valence electrons. The topological polar surface area (TPSA) is 75.5 Å². The zero-order chi connectivity index (χ0) is 17.5. The Balaban J connectivity index is 1.78. The third-order valence-electron chi connectivity index (χ3n) is 3.60. The molecule has 0 fully saturated rings. The lowest BCUT2D eigenvalue weighted by Gasteiger charge is -2.17. The molecule has 1 aromatic heterocycles. The number of esters is 1. The van der Waals surface area contributed by atoms with Crippen LogP contribution < -0.4 is 9.47 Å². The first-order valence-electron chi connectivity index (χ1n) is 7.08. The molecule has 0 unspecified atom stereocenters. The van der Waals surface area contributed by atoms with Gasteiger partial charge in [-0.2, -0.15) is 5.10 Å². The molecule has 1 aliphatic heterocycles. The Kier molecular flexibility index (Phi) is 3.66. The molecule has 0 saturated heterocycles. The van der Waals surface area contributed by atoms with Gasteiger partial charge >= 0.3 is 12.3 Å². The van der Waals surface area contributed by atoms with Crippen LogP contribution in [0.15, 0.2) is 24.5 Å². The van der Waals surface area contributed by atoms with E-state index in [2.05, 4.69) is 19.6 Å². The fourth-order valence-corrected chi connectivity index (χ4v) is 2.28. The SMILES string of the molecule is COC(=O)C(C)(C)c1ncn(Cc2ccc3c(c2)OC(F)(F)O3)n1. The van der Waals surface area contributed by atoms with Gasteiger partial charge < -0.3 is 14.2 Å². The highest BCUT2D eigenvalue weighted by molar-refractivity contribution is 5.80. The number of ether oxygens (including phenoxy) is 3. The molecule has 0 bridgehead atoms. The number of fused-ring (bicyclic) bond motifs is 1. The van der Waals surface area contributed by atoms with Gasteiger partial charge in [-0.3, -0.25) is 4.79 Å². The molecule has 2 heterocycles. The number of hydrogen-bond acceptors (Lipinski definition) is 6. The zero-order valence-electron chi connectivity index (χ0n) is 13.2. The smallest absolute Gasteiger partial charge is 0.468 e. The van der Waals surface area contributed by atoms with Crippen molar-refractivity contribution in [2.45, 2.75) is 32.1 Å². The maximum atomic E-state index is 13.0. The molecule has 0 aliphatic carbocycles. The second-order valence-electron chi connectivity index (χ2n) is 5.83. The van der Waals surface area contributed by atoms with Gasteiger partial charge in [0.15, 0.2) is 17.3 Å². The van der Waals surface area contributed by atoms with Crippen LogP contribution >= 0.6 is 0 Å². The van der Waals surface area contributed by atoms with E-state index in [0.717, 1.165) is 0 Å². The van der Waals surface area contributed by atoms with Gasteiger partial charge in [0.05, 0.1) is 13.7 Å². The van der Waals surface area contributed by atoms with Crippen molar-refractivity contribution in [2.75, 3.05) is 7.11 Å². The van der Waals surface area contributed by atoms with Crippen molar-refractivity contribution in [1.29, 1.82) is 0 Å². The number of halogens is 2. The van der Waals surface area contributed by atoms with Crippen molar-refractivity contribution in [2.24, 2.45) is 0 Å². The fourth-order valence-electron chi connectivity index (χ4n) is 2.28. The maximum Gasteiger partial charge on any atom is 0.586 e. The van der Waals surface area contributed by atoms with Crippen molar-refractivity contribution < 1.29 is 27.8 Å². The summed E-state index contributed by atoms with van der Waals surface area (Å²) in [6.45, 7) is 3.58. The average Bonchev–Trinajstić information content (AvgIpc) is 3.09. The number of methoxy groups -OCH3 is 1. The molecule has 0 radical (unpaired) electrons. The molecule has 1 aromatic carbocycles. The van der Waals surface area contributed by atoms with Gasteiger partial charge in [-0.25, -0.2) is 9.67 Å². The Labute approximate surface area is 136 Å². The van der Waals surface area contributed by atoms with Crippen LogP contribution in [-0.4, -0.2) is 34.1 Å². The van der Waals surface area contributed by atoms with Gasteiger partial charge in [0.1, 0.15) is 11.7 Å². The van der Waals surface area contributed by atoms with E-state index in [9.17, 15) is 13.6 Å². The lowest BCUT2D eigenvalue weighted by Crippen LogP contribution is -2.31. The predicted octanol–water partition coefficient (Wildman–Crippen LogP) is 2.10. The highest BCUT2D eigenvalue weighted by atomic mass is 19.3. The number of carbonyl (C=O) groups is 1. The standard InChI is InChI=1S/C15H15F2N3O4/c1-14(2,13(21)22-3)12-18-8-20(19-12)7-9-4-5-10-11(6-9)24-15(16,17)23-10/h4-6,8H,7H2,1-3H3. The van der Waals surface area contributed by atoms with Crippen molar-refractivity contribution in [3.8, 4) is 11.5 Å². The summed E-state index contributed by atoms with van der Waals surface area (Å²) < 4.78 is 41.0. The molecule has 0 amide bonds. The van der Waals surface area contributed by atoms with E-state index in [1.165, 1.54) is 30.3 Å². The Morgan fingerprint density at radius 1 is 1.33 bits per heavy atom. The monoisotopic (exact) mass is 339 g/mol. The minimum Gasteiger partial charge on any atom is -0.468 e. The highest BCUT2D eigenvalue weighted by Crippen LogP contribution is 2.41. The summed E-state index contributed by atoms with van der Waals surface area (Å²) >= 11 is 0. The molecule has 0 atom stereocenters. The van der Waals surface area contributed by atoms with E-state index in [1.807, 2.05) is 0 Å². The van der Waals surface area contributed by atoms with Crippen LogP contribution in [0.1, 0.15) is 25.2 Å². The van der Waals surface area contributed by atoms with E-state index in [-0.39, 0.29) is 18.0 Å². The third-order valence-corrected chi connectivity index (χ3v) is 3.60. The Morgan fingerprint density at radius 2 is 2.04 bits per heavy atom. The first-order valence-corrected chi connectivity index (χ1v) is 7.08. The van der Waals surface area contributed by atoms with Crippen LogP contribution in [0.25, 0.3) is 0 Å². The molecule has 0 saturated carbocycles. The van der Waals surface area contributed by atoms with Crippen molar-refractivity contribution in [1.82, 2.24) is 14.8 Å². The molecule has 9 heteroatoms. The van der Waals surface area contributed by atoms with Crippen molar-refractivity contribution in [3.05, 3.63) is 35.9 Å². The van der Waals surface area contributed by atoms with Gasteiger partial charge in [0.25, 0.3) is 0 Å². The van der Waals surface area contributed by atoms with Crippen LogP contribution in [0.3, 0.4) is 0 Å². The predicted molar refractivity (Wildman–Crippen MR) is 76.8 cm³/mol. The van der Waals surface area contributed by atoms with Crippen molar-refractivity contribution >= 4 is 5.97 Å². The lowest BCUT2D eigenvalue weighted by atomic mass is 9.93. The first-order chi connectivity index (χ1) is 11.2. The molecule has 0 spiro atoms. The number of alkyl halides is 2. The van der Waals surface area contributed by atoms with Crippen molar-refractivity contribution in [3.63, 3.8) is 0 Å². The van der Waals surface area contributed by atoms with Gasteiger partial charge in [0.2, 0.25) is 0 Å². The van der Waals surface area contributed by atoms with Gasteiger partial charge in [-0.15, -0.1) is 8.78 Å². The average molecular weight is 339 g/mol. The molecular formula is C15H15F2N3O4. The highest BCUT2D eigenvalue weighted by Gasteiger charge is 2.43. The summed E-state index contributed by atoms with van der Waals surface area (Å²) in [5.74, 6) is -0.199. The van der Waals surface area contributed by atoms with E-state index in [4.69, 9.17) is 4.74 Å². The number of carbonyl (C=O) groups excluding carboxylic acids is 1. The van der Waals surface area contributed by atoms with Gasteiger partial charge in [-0.05, 0) is 31.5 Å². The molecule has 2 aromatic rings. The normalized spacial score (nSPS) is 15.4. The van der Waals surface area contributed by atoms with Crippen LogP contribution in [0.4, 0.5) is 8.78 Å². The number of hydrogen-bond donors (Lipinski definition) is 0. The van der Waals surface area contributed by atoms with E-state index in [0.29, 0.717) is 11.4 Å². The molecular weight excluding hydrogens is 324 g/mol. The molecule has 3 rings (SSSR count). The minimum absolute atomic E-state index is 0.0187. The van der Waals surface area contributed by atoms with E-state index in [1.54, 1.807) is 19.9 Å². The fraction of sp³-hybridized carbons (Fsp3) is 0.400. The first kappa shape index (κ1) is 16.2. The second-order valence-corrected chi connectivity index (χ2v) is 5.83. The summed E-state index contributed by atoms with van der Waals surface area (Å²) in [4.78, 5) is 15.9. The summed E-state index contributed by atoms with van der Waals surface area (Å²) in [6.07, 6.45) is -2.19. The molecule has 0 N–H and O–H groups in total. The van der Waals surface area contributed by atoms with Crippen LogP contribution in [-0.2, 0) is 21.5 Å². The molecule has 24 heavy (non-hydrogen) atoms. The summed E-state index contributed by atoms with van der Waals surface area (Å²) in [6, 6.07) is 4.47. The van der Waals surface area contributed by atoms with Gasteiger partial charge in [0, 0.05) is 0 Å². The quantitative estimate of drug-likeness (QED) is 0.794. The summed E-state index contributed by atoms with van der Waals surface area (Å²) in [5.41, 5.74) is -0.320. The van der Waals surface area contributed by atoms with Crippen LogP contribution in [0, 0.1) is 0 Å². The maximum absolute atomic E-state index is 13.0. The summed E-state index contributed by atoms with van der Waals surface area (Å²) in [7, 11) is 1.30. The second kappa shape index (κ2) is 5.43. The Hall–Kier alpha value is -2.71. The number of aromatic nitrogens is 3. The number of benzene rings is 1. The molecule has 7 nitrogen and oxygen atoms in total. The zero-order valence-corrected chi connectivity index (χ0v) is 13.2. The minimum atomic E-state index is -3.65.